The molecule has 0 radical (unpaired) electrons. The molecule has 6 heteroatoms. The van der Waals surface area contributed by atoms with E-state index in [2.05, 4.69) is 20.5 Å². The van der Waals surface area contributed by atoms with Gasteiger partial charge in [0.25, 0.3) is 0 Å². The Morgan fingerprint density at radius 3 is 3.00 bits per heavy atom. The number of pyridine rings is 2. The van der Waals surface area contributed by atoms with Gasteiger partial charge in [0.15, 0.2) is 5.65 Å². The molecule has 0 aliphatic heterocycles. The number of hydrogen-bond acceptors (Lipinski definition) is 4. The van der Waals surface area contributed by atoms with Gasteiger partial charge in [0.1, 0.15) is 5.82 Å². The number of aryl methyl sites for hydroxylation is 1. The van der Waals surface area contributed by atoms with Gasteiger partial charge in [-0.25, -0.2) is 0 Å². The molecule has 0 saturated carbocycles. The van der Waals surface area contributed by atoms with Crippen molar-refractivity contribution in [3.05, 3.63) is 54.7 Å². The fraction of sp³-hybridized carbons (Fsp3) is 0.200. The van der Waals surface area contributed by atoms with Crippen LogP contribution < -0.4 is 5.32 Å². The summed E-state index contributed by atoms with van der Waals surface area (Å²) in [6, 6.07) is 9.38. The van der Waals surface area contributed by atoms with Crippen molar-refractivity contribution in [2.24, 2.45) is 0 Å². The molecule has 3 aromatic heterocycles. The first kappa shape index (κ1) is 13.2. The van der Waals surface area contributed by atoms with Crippen LogP contribution in [0.1, 0.15) is 18.7 Å². The Balaban J connectivity index is 1.53. The molecule has 0 unspecified atom stereocenters. The molecule has 0 fully saturated rings. The highest BCUT2D eigenvalue weighted by Crippen LogP contribution is 2.08. The molecule has 0 aliphatic rings. The number of amides is 1. The van der Waals surface area contributed by atoms with Gasteiger partial charge in [-0.2, -0.15) is 0 Å². The topological polar surface area (TPSA) is 72.2 Å². The normalized spacial score (nSPS) is 10.7. The third-order valence-electron chi connectivity index (χ3n) is 3.13. The summed E-state index contributed by atoms with van der Waals surface area (Å²) in [5, 5.41) is 11.1. The van der Waals surface area contributed by atoms with E-state index in [1.807, 2.05) is 34.9 Å². The first-order valence-electron chi connectivity index (χ1n) is 6.81. The summed E-state index contributed by atoms with van der Waals surface area (Å²) in [6.07, 6.45) is 7.11. The second-order valence-corrected chi connectivity index (χ2v) is 4.69. The molecule has 0 bridgehead atoms. The zero-order valence-corrected chi connectivity index (χ0v) is 11.4. The first-order chi connectivity index (χ1) is 10.3. The van der Waals surface area contributed by atoms with Crippen molar-refractivity contribution in [3.63, 3.8) is 0 Å². The standard InChI is InChI=1S/C15H15N5O/c21-15(17-12-5-4-9-16-11-12)8-3-7-14-19-18-13-6-1-2-10-20(13)14/h1-2,4-6,9-11H,3,7-8H2,(H,17,21). The molecule has 1 N–H and O–H groups in total. The maximum Gasteiger partial charge on any atom is 0.224 e. The Hall–Kier alpha value is -2.76. The van der Waals surface area contributed by atoms with E-state index >= 15 is 0 Å². The molecule has 3 heterocycles. The van der Waals surface area contributed by atoms with Crippen LogP contribution in [0.3, 0.4) is 0 Å². The summed E-state index contributed by atoms with van der Waals surface area (Å²) < 4.78 is 1.94. The summed E-state index contributed by atoms with van der Waals surface area (Å²) in [6.45, 7) is 0. The summed E-state index contributed by atoms with van der Waals surface area (Å²) in [4.78, 5) is 15.8. The van der Waals surface area contributed by atoms with Gasteiger partial charge in [0.05, 0.1) is 11.9 Å². The van der Waals surface area contributed by atoms with Crippen LogP contribution in [0.2, 0.25) is 0 Å². The first-order valence-corrected chi connectivity index (χ1v) is 6.81. The van der Waals surface area contributed by atoms with Crippen LogP contribution >= 0.6 is 0 Å². The Morgan fingerprint density at radius 2 is 2.14 bits per heavy atom. The second kappa shape index (κ2) is 6.13. The molecule has 0 aliphatic carbocycles. The lowest BCUT2D eigenvalue weighted by molar-refractivity contribution is -0.116. The zero-order chi connectivity index (χ0) is 14.5. The van der Waals surface area contributed by atoms with Crippen LogP contribution in [-0.2, 0) is 11.2 Å². The van der Waals surface area contributed by atoms with Crippen molar-refractivity contribution in [2.45, 2.75) is 19.3 Å². The lowest BCUT2D eigenvalue weighted by atomic mass is 10.2. The van der Waals surface area contributed by atoms with Crippen LogP contribution in [0.4, 0.5) is 5.69 Å². The SMILES string of the molecule is O=C(CCCc1nnc2ccccn12)Nc1cccnc1. The summed E-state index contributed by atoms with van der Waals surface area (Å²) in [5.41, 5.74) is 1.54. The average molecular weight is 281 g/mol. The fourth-order valence-electron chi connectivity index (χ4n) is 2.13. The fourth-order valence-corrected chi connectivity index (χ4v) is 2.13. The van der Waals surface area contributed by atoms with Gasteiger partial charge in [0.2, 0.25) is 5.91 Å². The van der Waals surface area contributed by atoms with E-state index in [1.54, 1.807) is 18.5 Å². The lowest BCUT2D eigenvalue weighted by Crippen LogP contribution is -2.11. The van der Waals surface area contributed by atoms with Gasteiger partial charge >= 0.3 is 0 Å². The summed E-state index contributed by atoms with van der Waals surface area (Å²) >= 11 is 0. The minimum Gasteiger partial charge on any atom is -0.325 e. The zero-order valence-electron chi connectivity index (χ0n) is 11.4. The smallest absolute Gasteiger partial charge is 0.224 e. The van der Waals surface area contributed by atoms with Gasteiger partial charge in [-0.3, -0.25) is 14.2 Å². The van der Waals surface area contributed by atoms with E-state index in [0.717, 1.165) is 23.6 Å². The molecule has 21 heavy (non-hydrogen) atoms. The number of aromatic nitrogens is 4. The van der Waals surface area contributed by atoms with Crippen molar-refractivity contribution in [1.29, 1.82) is 0 Å². The van der Waals surface area contributed by atoms with Crippen molar-refractivity contribution < 1.29 is 4.79 Å². The van der Waals surface area contributed by atoms with Crippen molar-refractivity contribution in [2.75, 3.05) is 5.32 Å². The molecule has 0 saturated heterocycles. The molecule has 6 nitrogen and oxygen atoms in total. The van der Waals surface area contributed by atoms with E-state index in [1.165, 1.54) is 0 Å². The van der Waals surface area contributed by atoms with Crippen molar-refractivity contribution in [3.8, 4) is 0 Å². The van der Waals surface area contributed by atoms with Gasteiger partial charge in [0, 0.05) is 25.2 Å². The molecule has 0 spiro atoms. The van der Waals surface area contributed by atoms with Crippen LogP contribution in [0.25, 0.3) is 5.65 Å². The molecular formula is C15H15N5O. The number of carbonyl (C=O) groups is 1. The van der Waals surface area contributed by atoms with Crippen molar-refractivity contribution in [1.82, 2.24) is 19.6 Å². The molecule has 1 amide bonds. The summed E-state index contributed by atoms with van der Waals surface area (Å²) in [7, 11) is 0. The van der Waals surface area contributed by atoms with Gasteiger partial charge < -0.3 is 5.32 Å². The molecular weight excluding hydrogens is 266 g/mol. The Morgan fingerprint density at radius 1 is 1.19 bits per heavy atom. The molecule has 106 valence electrons. The minimum atomic E-state index is -0.0168. The Labute approximate surface area is 121 Å². The van der Waals surface area contributed by atoms with Crippen LogP contribution in [0.15, 0.2) is 48.9 Å². The Bertz CT molecular complexity index is 738. The van der Waals surface area contributed by atoms with Crippen LogP contribution in [0.5, 0.6) is 0 Å². The second-order valence-electron chi connectivity index (χ2n) is 4.69. The largest absolute Gasteiger partial charge is 0.325 e. The monoisotopic (exact) mass is 281 g/mol. The van der Waals surface area contributed by atoms with Gasteiger partial charge in [-0.05, 0) is 30.7 Å². The van der Waals surface area contributed by atoms with E-state index in [9.17, 15) is 4.79 Å². The number of carbonyl (C=O) groups excluding carboxylic acids is 1. The van der Waals surface area contributed by atoms with Gasteiger partial charge in [-0.15, -0.1) is 10.2 Å². The van der Waals surface area contributed by atoms with Crippen molar-refractivity contribution >= 4 is 17.2 Å². The third-order valence-corrected chi connectivity index (χ3v) is 3.13. The highest BCUT2D eigenvalue weighted by Gasteiger charge is 2.07. The number of fused-ring (bicyclic) bond motifs is 1. The third kappa shape index (κ3) is 3.22. The van der Waals surface area contributed by atoms with Gasteiger partial charge in [-0.1, -0.05) is 6.07 Å². The van der Waals surface area contributed by atoms with Crippen LogP contribution in [-0.4, -0.2) is 25.5 Å². The number of hydrogen-bond donors (Lipinski definition) is 1. The lowest BCUT2D eigenvalue weighted by Gasteiger charge is -2.04. The highest BCUT2D eigenvalue weighted by molar-refractivity contribution is 5.90. The number of rotatable bonds is 5. The van der Waals surface area contributed by atoms with E-state index in [4.69, 9.17) is 0 Å². The molecule has 0 aromatic carbocycles. The molecule has 3 aromatic rings. The number of nitrogens with zero attached hydrogens (tertiary/aromatic N) is 4. The predicted octanol–water partition coefficient (Wildman–Crippen LogP) is 2.09. The van der Waals surface area contributed by atoms with E-state index in [-0.39, 0.29) is 5.91 Å². The predicted molar refractivity (Wildman–Crippen MR) is 78.8 cm³/mol. The van der Waals surface area contributed by atoms with E-state index < -0.39 is 0 Å². The molecule has 3 rings (SSSR count). The van der Waals surface area contributed by atoms with E-state index in [0.29, 0.717) is 12.8 Å². The van der Waals surface area contributed by atoms with Crippen LogP contribution in [0, 0.1) is 0 Å². The summed E-state index contributed by atoms with van der Waals surface area (Å²) in [5.74, 6) is 0.858. The highest BCUT2D eigenvalue weighted by atomic mass is 16.1. The number of anilines is 1. The number of nitrogens with one attached hydrogen (secondary N) is 1. The Kier molecular flexibility index (Phi) is 3.86. The minimum absolute atomic E-state index is 0.0168. The quantitative estimate of drug-likeness (QED) is 0.777. The maximum absolute atomic E-state index is 11.8. The maximum atomic E-state index is 11.8. The molecule has 0 atom stereocenters. The average Bonchev–Trinajstić information content (AvgIpc) is 2.92.